The van der Waals surface area contributed by atoms with E-state index in [1.807, 2.05) is 57.2 Å². The summed E-state index contributed by atoms with van der Waals surface area (Å²) in [7, 11) is -1.99. The molecule has 1 aliphatic rings. The van der Waals surface area contributed by atoms with Crippen molar-refractivity contribution in [3.8, 4) is 5.75 Å². The SMILES string of the molecule is COc1ccc2cc(C(=O)N3CCN(S(=O)(=O)c4ccc(C)cc4C)CC3)c(C)nc2c1. The highest BCUT2D eigenvalue weighted by atomic mass is 32.2. The summed E-state index contributed by atoms with van der Waals surface area (Å²) in [5, 5.41) is 0.857. The molecule has 0 spiro atoms. The van der Waals surface area contributed by atoms with Crippen molar-refractivity contribution in [3.63, 3.8) is 0 Å². The monoisotopic (exact) mass is 453 g/mol. The van der Waals surface area contributed by atoms with Crippen molar-refractivity contribution >= 4 is 26.8 Å². The van der Waals surface area contributed by atoms with Crippen molar-refractivity contribution < 1.29 is 17.9 Å². The maximum absolute atomic E-state index is 13.2. The van der Waals surface area contributed by atoms with Gasteiger partial charge in [0.25, 0.3) is 5.91 Å². The normalized spacial score (nSPS) is 15.2. The molecular weight excluding hydrogens is 426 g/mol. The second kappa shape index (κ2) is 8.52. The van der Waals surface area contributed by atoms with Crippen LogP contribution in [0, 0.1) is 20.8 Å². The number of aromatic nitrogens is 1. The predicted molar refractivity (Wildman–Crippen MR) is 124 cm³/mol. The Labute approximate surface area is 188 Å². The van der Waals surface area contributed by atoms with Gasteiger partial charge in [-0.15, -0.1) is 0 Å². The van der Waals surface area contributed by atoms with E-state index in [1.54, 1.807) is 18.1 Å². The first kappa shape index (κ1) is 22.2. The summed E-state index contributed by atoms with van der Waals surface area (Å²) in [4.78, 5) is 19.8. The Balaban J connectivity index is 1.52. The predicted octanol–water partition coefficient (Wildman–Crippen LogP) is 3.32. The second-order valence-corrected chi connectivity index (χ2v) is 10.1. The molecule has 2 heterocycles. The van der Waals surface area contributed by atoms with Crippen LogP contribution < -0.4 is 4.74 Å². The van der Waals surface area contributed by atoms with Gasteiger partial charge in [-0.1, -0.05) is 17.7 Å². The summed E-state index contributed by atoms with van der Waals surface area (Å²) >= 11 is 0. The van der Waals surface area contributed by atoms with E-state index in [9.17, 15) is 13.2 Å². The Morgan fingerprint density at radius 2 is 1.69 bits per heavy atom. The third-order valence-electron chi connectivity index (χ3n) is 5.92. The average molecular weight is 454 g/mol. The van der Waals surface area contributed by atoms with Crippen molar-refractivity contribution in [1.29, 1.82) is 0 Å². The number of piperazine rings is 1. The molecule has 1 aromatic heterocycles. The fourth-order valence-electron chi connectivity index (χ4n) is 4.12. The first-order valence-electron chi connectivity index (χ1n) is 10.5. The smallest absolute Gasteiger partial charge is 0.255 e. The summed E-state index contributed by atoms with van der Waals surface area (Å²) in [5.74, 6) is 0.584. The zero-order chi connectivity index (χ0) is 23.0. The molecule has 8 heteroatoms. The number of pyridine rings is 1. The van der Waals surface area contributed by atoms with Gasteiger partial charge in [0.15, 0.2) is 0 Å². The molecule has 7 nitrogen and oxygen atoms in total. The number of carbonyl (C=O) groups is 1. The lowest BCUT2D eigenvalue weighted by atomic mass is 10.1. The number of carbonyl (C=O) groups excluding carboxylic acids is 1. The quantitative estimate of drug-likeness (QED) is 0.606. The Hall–Kier alpha value is -2.97. The summed E-state index contributed by atoms with van der Waals surface area (Å²) in [5.41, 5.74) is 3.70. The molecule has 1 fully saturated rings. The van der Waals surface area contributed by atoms with Crippen LogP contribution in [0.2, 0.25) is 0 Å². The number of methoxy groups -OCH3 is 1. The van der Waals surface area contributed by atoms with Crippen LogP contribution in [0.1, 0.15) is 27.2 Å². The minimum absolute atomic E-state index is 0.128. The minimum Gasteiger partial charge on any atom is -0.497 e. The highest BCUT2D eigenvalue weighted by Gasteiger charge is 2.31. The number of hydrogen-bond donors (Lipinski definition) is 0. The summed E-state index contributed by atoms with van der Waals surface area (Å²) < 4.78 is 33.0. The van der Waals surface area contributed by atoms with E-state index in [4.69, 9.17) is 4.74 Å². The van der Waals surface area contributed by atoms with Crippen LogP contribution in [-0.4, -0.2) is 61.8 Å². The van der Waals surface area contributed by atoms with Crippen molar-refractivity contribution in [2.75, 3.05) is 33.3 Å². The van der Waals surface area contributed by atoms with E-state index >= 15 is 0 Å². The van der Waals surface area contributed by atoms with Crippen LogP contribution in [0.4, 0.5) is 0 Å². The van der Waals surface area contributed by atoms with E-state index in [0.29, 0.717) is 35.0 Å². The molecule has 0 aliphatic carbocycles. The Morgan fingerprint density at radius 1 is 0.969 bits per heavy atom. The van der Waals surface area contributed by atoms with Crippen LogP contribution in [0.3, 0.4) is 0 Å². The molecule has 1 aliphatic heterocycles. The zero-order valence-corrected chi connectivity index (χ0v) is 19.6. The van der Waals surface area contributed by atoms with Gasteiger partial charge >= 0.3 is 0 Å². The van der Waals surface area contributed by atoms with Gasteiger partial charge in [0, 0.05) is 37.6 Å². The van der Waals surface area contributed by atoms with Gasteiger partial charge in [-0.2, -0.15) is 4.31 Å². The number of rotatable bonds is 4. The molecule has 0 radical (unpaired) electrons. The number of sulfonamides is 1. The molecule has 0 bridgehead atoms. The maximum atomic E-state index is 13.2. The lowest BCUT2D eigenvalue weighted by Crippen LogP contribution is -2.50. The average Bonchev–Trinajstić information content (AvgIpc) is 2.77. The molecule has 0 N–H and O–H groups in total. The van der Waals surface area contributed by atoms with Gasteiger partial charge in [0.1, 0.15) is 5.75 Å². The molecule has 4 rings (SSSR count). The minimum atomic E-state index is -3.60. The van der Waals surface area contributed by atoms with E-state index in [-0.39, 0.29) is 19.0 Å². The lowest BCUT2D eigenvalue weighted by Gasteiger charge is -2.34. The molecule has 0 unspecified atom stereocenters. The molecule has 0 saturated carbocycles. The Bertz CT molecular complexity index is 1300. The van der Waals surface area contributed by atoms with Crippen LogP contribution in [0.25, 0.3) is 10.9 Å². The topological polar surface area (TPSA) is 79.8 Å². The van der Waals surface area contributed by atoms with E-state index in [0.717, 1.165) is 22.0 Å². The third kappa shape index (κ3) is 4.08. The fourth-order valence-corrected chi connectivity index (χ4v) is 5.74. The summed E-state index contributed by atoms with van der Waals surface area (Å²) in [6.07, 6.45) is 0. The van der Waals surface area contributed by atoms with Crippen LogP contribution >= 0.6 is 0 Å². The van der Waals surface area contributed by atoms with E-state index in [1.165, 1.54) is 4.31 Å². The molecule has 2 aromatic carbocycles. The molecular formula is C24H27N3O4S. The molecule has 168 valence electrons. The lowest BCUT2D eigenvalue weighted by molar-refractivity contribution is 0.0697. The van der Waals surface area contributed by atoms with Gasteiger partial charge in [0.05, 0.1) is 28.8 Å². The molecule has 1 amide bonds. The van der Waals surface area contributed by atoms with Crippen molar-refractivity contribution in [3.05, 3.63) is 64.8 Å². The van der Waals surface area contributed by atoms with Crippen molar-refractivity contribution in [2.45, 2.75) is 25.7 Å². The van der Waals surface area contributed by atoms with Crippen molar-refractivity contribution in [1.82, 2.24) is 14.2 Å². The van der Waals surface area contributed by atoms with Gasteiger partial charge in [-0.25, -0.2) is 8.42 Å². The van der Waals surface area contributed by atoms with Gasteiger partial charge < -0.3 is 9.64 Å². The van der Waals surface area contributed by atoms with Crippen LogP contribution in [-0.2, 0) is 10.0 Å². The number of fused-ring (bicyclic) bond motifs is 1. The first-order chi connectivity index (χ1) is 15.2. The number of amides is 1. The molecule has 32 heavy (non-hydrogen) atoms. The molecule has 0 atom stereocenters. The number of nitrogens with zero attached hydrogens (tertiary/aromatic N) is 3. The number of hydrogen-bond acceptors (Lipinski definition) is 5. The largest absolute Gasteiger partial charge is 0.497 e. The first-order valence-corrected chi connectivity index (χ1v) is 12.0. The van der Waals surface area contributed by atoms with E-state index < -0.39 is 10.0 Å². The number of benzene rings is 2. The molecule has 3 aromatic rings. The fraction of sp³-hybridized carbons (Fsp3) is 0.333. The highest BCUT2D eigenvalue weighted by Crippen LogP contribution is 2.25. The summed E-state index contributed by atoms with van der Waals surface area (Å²) in [6, 6.07) is 12.8. The maximum Gasteiger partial charge on any atom is 0.255 e. The van der Waals surface area contributed by atoms with Crippen LogP contribution in [0.5, 0.6) is 5.75 Å². The Kier molecular flexibility index (Phi) is 5.92. The van der Waals surface area contributed by atoms with Gasteiger partial charge in [-0.05, 0) is 50.6 Å². The molecule has 1 saturated heterocycles. The summed E-state index contributed by atoms with van der Waals surface area (Å²) in [6.45, 7) is 6.76. The third-order valence-corrected chi connectivity index (χ3v) is 7.98. The number of ether oxygens (including phenoxy) is 1. The second-order valence-electron chi connectivity index (χ2n) is 8.15. The number of aryl methyl sites for hydroxylation is 3. The zero-order valence-electron chi connectivity index (χ0n) is 18.8. The highest BCUT2D eigenvalue weighted by molar-refractivity contribution is 7.89. The van der Waals surface area contributed by atoms with Gasteiger partial charge in [-0.3, -0.25) is 9.78 Å². The van der Waals surface area contributed by atoms with Crippen molar-refractivity contribution in [2.24, 2.45) is 0 Å². The van der Waals surface area contributed by atoms with Gasteiger partial charge in [0.2, 0.25) is 10.0 Å². The van der Waals surface area contributed by atoms with E-state index in [2.05, 4.69) is 4.98 Å². The Morgan fingerprint density at radius 3 is 2.34 bits per heavy atom. The standard InChI is InChI=1S/C24H27N3O4S/c1-16-5-8-23(17(2)13-16)32(29,30)27-11-9-26(10-12-27)24(28)21-14-19-6-7-20(31-4)15-22(19)25-18(21)3/h5-8,13-15H,9-12H2,1-4H3. The van der Waals surface area contributed by atoms with Crippen LogP contribution in [0.15, 0.2) is 47.4 Å².